The Morgan fingerprint density at radius 3 is 2.80 bits per heavy atom. The van der Waals surface area contributed by atoms with E-state index in [2.05, 4.69) is 12.0 Å². The molecule has 0 spiro atoms. The van der Waals surface area contributed by atoms with E-state index in [0.717, 1.165) is 31.1 Å². The van der Waals surface area contributed by atoms with Gasteiger partial charge < -0.3 is 5.11 Å². The first-order chi connectivity index (χ1) is 9.57. The maximum atomic E-state index is 12.4. The third-order valence-corrected chi connectivity index (χ3v) is 4.41. The highest BCUT2D eigenvalue weighted by atomic mass is 16.3. The molecule has 0 aliphatic heterocycles. The Balaban J connectivity index is 1.91. The molecule has 4 nitrogen and oxygen atoms in total. The molecule has 0 bridgehead atoms. The van der Waals surface area contributed by atoms with Crippen molar-refractivity contribution in [3.63, 3.8) is 0 Å². The molecule has 1 aromatic carbocycles. The van der Waals surface area contributed by atoms with Gasteiger partial charge in [-0.1, -0.05) is 25.1 Å². The van der Waals surface area contributed by atoms with Gasteiger partial charge in [-0.05, 0) is 37.7 Å². The molecular formula is C16H20N2O2. The van der Waals surface area contributed by atoms with Crippen molar-refractivity contribution in [2.45, 2.75) is 44.8 Å². The van der Waals surface area contributed by atoms with E-state index in [1.54, 1.807) is 6.20 Å². The van der Waals surface area contributed by atoms with Crippen molar-refractivity contribution in [1.82, 2.24) is 9.78 Å². The Morgan fingerprint density at radius 1 is 1.35 bits per heavy atom. The van der Waals surface area contributed by atoms with Gasteiger partial charge in [-0.15, -0.1) is 0 Å². The summed E-state index contributed by atoms with van der Waals surface area (Å²) >= 11 is 0. The first kappa shape index (κ1) is 13.3. The summed E-state index contributed by atoms with van der Waals surface area (Å²) in [5.41, 5.74) is -0.902. The Labute approximate surface area is 118 Å². The number of aromatic nitrogens is 2. The molecule has 1 aliphatic carbocycles. The van der Waals surface area contributed by atoms with Gasteiger partial charge in [0.15, 0.2) is 0 Å². The predicted molar refractivity (Wildman–Crippen MR) is 78.6 cm³/mol. The molecule has 1 aromatic heterocycles. The average molecular weight is 272 g/mol. The summed E-state index contributed by atoms with van der Waals surface area (Å²) in [5, 5.41) is 16.4. The number of hydrogen-bond acceptors (Lipinski definition) is 3. The second-order valence-electron chi connectivity index (χ2n) is 6.10. The smallest absolute Gasteiger partial charge is 0.274 e. The van der Waals surface area contributed by atoms with Crippen LogP contribution in [0.4, 0.5) is 0 Å². The van der Waals surface area contributed by atoms with Crippen LogP contribution < -0.4 is 5.56 Å². The summed E-state index contributed by atoms with van der Waals surface area (Å²) < 4.78 is 1.42. The van der Waals surface area contributed by atoms with E-state index in [9.17, 15) is 9.90 Å². The van der Waals surface area contributed by atoms with E-state index in [1.165, 1.54) is 4.68 Å². The summed E-state index contributed by atoms with van der Waals surface area (Å²) in [6, 6.07) is 7.43. The summed E-state index contributed by atoms with van der Waals surface area (Å²) in [6.07, 6.45) is 5.22. The summed E-state index contributed by atoms with van der Waals surface area (Å²) in [6.45, 7) is 2.50. The van der Waals surface area contributed by atoms with Crippen molar-refractivity contribution < 1.29 is 5.11 Å². The fraction of sp³-hybridized carbons (Fsp3) is 0.500. The average Bonchev–Trinajstić information content (AvgIpc) is 2.46. The molecule has 106 valence electrons. The zero-order valence-corrected chi connectivity index (χ0v) is 11.7. The summed E-state index contributed by atoms with van der Waals surface area (Å²) in [5.74, 6) is 0.663. The third kappa shape index (κ3) is 2.48. The van der Waals surface area contributed by atoms with E-state index in [-0.39, 0.29) is 5.56 Å². The van der Waals surface area contributed by atoms with Gasteiger partial charge in [0.1, 0.15) is 0 Å². The third-order valence-electron chi connectivity index (χ3n) is 4.41. The fourth-order valence-electron chi connectivity index (χ4n) is 2.98. The molecular weight excluding hydrogens is 252 g/mol. The standard InChI is InChI=1S/C16H20N2O2/c1-12-6-8-16(20,9-7-12)11-18-15(19)14-5-3-2-4-13(14)10-17-18/h2-5,10,12,20H,6-9,11H2,1H3. The minimum atomic E-state index is -0.786. The Kier molecular flexibility index (Phi) is 3.34. The van der Waals surface area contributed by atoms with Crippen LogP contribution in [0.15, 0.2) is 35.3 Å². The molecule has 0 atom stereocenters. The molecule has 1 aliphatic rings. The van der Waals surface area contributed by atoms with Crippen LogP contribution in [0.25, 0.3) is 10.8 Å². The molecule has 3 rings (SSSR count). The van der Waals surface area contributed by atoms with Crippen molar-refractivity contribution in [1.29, 1.82) is 0 Å². The SMILES string of the molecule is CC1CCC(O)(Cn2ncc3ccccc3c2=O)CC1. The Morgan fingerprint density at radius 2 is 2.05 bits per heavy atom. The first-order valence-electron chi connectivity index (χ1n) is 7.25. The number of nitrogens with zero attached hydrogens (tertiary/aromatic N) is 2. The maximum absolute atomic E-state index is 12.4. The molecule has 1 saturated carbocycles. The fourth-order valence-corrected chi connectivity index (χ4v) is 2.98. The quantitative estimate of drug-likeness (QED) is 0.913. The maximum Gasteiger partial charge on any atom is 0.274 e. The van der Waals surface area contributed by atoms with Gasteiger partial charge in [0.25, 0.3) is 5.56 Å². The molecule has 2 aromatic rings. The number of benzene rings is 1. The van der Waals surface area contributed by atoms with Gasteiger partial charge in [0, 0.05) is 5.39 Å². The van der Waals surface area contributed by atoms with E-state index in [0.29, 0.717) is 17.8 Å². The van der Waals surface area contributed by atoms with Gasteiger partial charge in [0.05, 0.1) is 23.7 Å². The van der Waals surface area contributed by atoms with Crippen LogP contribution in [0.2, 0.25) is 0 Å². The van der Waals surface area contributed by atoms with Gasteiger partial charge in [0.2, 0.25) is 0 Å². The predicted octanol–water partition coefficient (Wildman–Crippen LogP) is 2.34. The highest BCUT2D eigenvalue weighted by Gasteiger charge is 2.32. The van der Waals surface area contributed by atoms with Crippen LogP contribution in [0.5, 0.6) is 0 Å². The summed E-state index contributed by atoms with van der Waals surface area (Å²) in [4.78, 5) is 12.4. The van der Waals surface area contributed by atoms with Gasteiger partial charge in [-0.25, -0.2) is 4.68 Å². The summed E-state index contributed by atoms with van der Waals surface area (Å²) in [7, 11) is 0. The highest BCUT2D eigenvalue weighted by molar-refractivity contribution is 5.80. The zero-order valence-electron chi connectivity index (χ0n) is 11.7. The van der Waals surface area contributed by atoms with E-state index in [4.69, 9.17) is 0 Å². The number of fused-ring (bicyclic) bond motifs is 1. The highest BCUT2D eigenvalue weighted by Crippen LogP contribution is 2.32. The van der Waals surface area contributed by atoms with Crippen LogP contribution in [0.3, 0.4) is 0 Å². The minimum absolute atomic E-state index is 0.116. The number of aliphatic hydroxyl groups is 1. The zero-order chi connectivity index (χ0) is 14.2. The second-order valence-corrected chi connectivity index (χ2v) is 6.10. The Bertz CT molecular complexity index is 669. The van der Waals surface area contributed by atoms with E-state index >= 15 is 0 Å². The molecule has 0 radical (unpaired) electrons. The van der Waals surface area contributed by atoms with Crippen LogP contribution >= 0.6 is 0 Å². The lowest BCUT2D eigenvalue weighted by Crippen LogP contribution is -2.41. The van der Waals surface area contributed by atoms with E-state index < -0.39 is 5.60 Å². The van der Waals surface area contributed by atoms with Crippen LogP contribution in [0.1, 0.15) is 32.6 Å². The second kappa shape index (κ2) is 5.02. The molecule has 1 fully saturated rings. The largest absolute Gasteiger partial charge is 0.388 e. The molecule has 1 N–H and O–H groups in total. The molecule has 4 heteroatoms. The van der Waals surface area contributed by atoms with Crippen LogP contribution in [-0.4, -0.2) is 20.5 Å². The number of rotatable bonds is 2. The molecule has 1 heterocycles. The van der Waals surface area contributed by atoms with Crippen molar-refractivity contribution in [3.05, 3.63) is 40.8 Å². The van der Waals surface area contributed by atoms with Crippen molar-refractivity contribution in [2.75, 3.05) is 0 Å². The van der Waals surface area contributed by atoms with Crippen molar-refractivity contribution >= 4 is 10.8 Å². The first-order valence-corrected chi connectivity index (χ1v) is 7.25. The molecule has 0 amide bonds. The van der Waals surface area contributed by atoms with Gasteiger partial charge in [-0.3, -0.25) is 4.79 Å². The molecule has 0 unspecified atom stereocenters. The van der Waals surface area contributed by atoms with Crippen LogP contribution in [-0.2, 0) is 6.54 Å². The van der Waals surface area contributed by atoms with E-state index in [1.807, 2.05) is 24.3 Å². The normalized spacial score (nSPS) is 26.8. The lowest BCUT2D eigenvalue weighted by molar-refractivity contribution is -0.0253. The molecule has 20 heavy (non-hydrogen) atoms. The monoisotopic (exact) mass is 272 g/mol. The lowest BCUT2D eigenvalue weighted by Gasteiger charge is -2.34. The topological polar surface area (TPSA) is 55.1 Å². The van der Waals surface area contributed by atoms with Crippen molar-refractivity contribution in [3.8, 4) is 0 Å². The van der Waals surface area contributed by atoms with Crippen molar-refractivity contribution in [2.24, 2.45) is 5.92 Å². The van der Waals surface area contributed by atoms with Gasteiger partial charge in [-0.2, -0.15) is 5.10 Å². The molecule has 0 saturated heterocycles. The lowest BCUT2D eigenvalue weighted by atomic mass is 9.79. The number of hydrogen-bond donors (Lipinski definition) is 1. The van der Waals surface area contributed by atoms with Crippen LogP contribution in [0, 0.1) is 5.92 Å². The van der Waals surface area contributed by atoms with Gasteiger partial charge >= 0.3 is 0 Å². The minimum Gasteiger partial charge on any atom is -0.388 e. The Hall–Kier alpha value is -1.68.